The van der Waals surface area contributed by atoms with Gasteiger partial charge in [0.2, 0.25) is 5.91 Å². The summed E-state index contributed by atoms with van der Waals surface area (Å²) < 4.78 is 0. The second-order valence-electron chi connectivity index (χ2n) is 3.37. The minimum atomic E-state index is -0.263. The molecule has 1 saturated heterocycles. The minimum Gasteiger partial charge on any atom is -0.332 e. The lowest BCUT2D eigenvalue weighted by Gasteiger charge is -2.22. The minimum absolute atomic E-state index is 0.00653. The van der Waals surface area contributed by atoms with Gasteiger partial charge in [0.25, 0.3) is 0 Å². The van der Waals surface area contributed by atoms with Crippen molar-refractivity contribution in [3.63, 3.8) is 0 Å². The maximum atomic E-state index is 11.5. The first-order valence-corrected chi connectivity index (χ1v) is 4.89. The summed E-state index contributed by atoms with van der Waals surface area (Å²) in [4.78, 5) is 24.4. The normalized spacial score (nSPS) is 21.0. The highest BCUT2D eigenvalue weighted by atomic mass is 16.2. The van der Waals surface area contributed by atoms with E-state index in [0.717, 1.165) is 0 Å². The maximum Gasteiger partial charge on any atom is 0.223 e. The highest BCUT2D eigenvalue weighted by Gasteiger charge is 2.34. The fourth-order valence-corrected chi connectivity index (χ4v) is 1.75. The fourth-order valence-electron chi connectivity index (χ4n) is 1.75. The molecule has 1 fully saturated rings. The van der Waals surface area contributed by atoms with E-state index >= 15 is 0 Å². The molecular formula is C10H14N2O2. The molecule has 1 heterocycles. The monoisotopic (exact) mass is 194 g/mol. The number of likely N-dealkylation sites (tertiary alicyclic amines) is 1. The number of hydrogen-bond acceptors (Lipinski definition) is 3. The van der Waals surface area contributed by atoms with E-state index in [1.165, 1.54) is 0 Å². The van der Waals surface area contributed by atoms with Crippen molar-refractivity contribution in [3.8, 4) is 6.07 Å². The van der Waals surface area contributed by atoms with Crippen LogP contribution in [0.4, 0.5) is 0 Å². The maximum absolute atomic E-state index is 11.5. The van der Waals surface area contributed by atoms with Crippen LogP contribution in [0.3, 0.4) is 0 Å². The number of nitrogens with zero attached hydrogens (tertiary/aromatic N) is 2. The van der Waals surface area contributed by atoms with Crippen molar-refractivity contribution in [1.29, 1.82) is 5.26 Å². The van der Waals surface area contributed by atoms with E-state index in [1.807, 2.05) is 6.07 Å². The molecule has 1 amide bonds. The van der Waals surface area contributed by atoms with E-state index in [9.17, 15) is 9.59 Å². The number of ketones is 1. The third-order valence-electron chi connectivity index (χ3n) is 2.51. The van der Waals surface area contributed by atoms with Crippen LogP contribution >= 0.6 is 0 Å². The zero-order valence-corrected chi connectivity index (χ0v) is 8.32. The zero-order valence-electron chi connectivity index (χ0n) is 8.32. The lowest BCUT2D eigenvalue weighted by Crippen LogP contribution is -2.38. The van der Waals surface area contributed by atoms with Gasteiger partial charge in [0.05, 0.1) is 18.5 Å². The molecule has 0 unspecified atom stereocenters. The van der Waals surface area contributed by atoms with Crippen molar-refractivity contribution in [2.75, 3.05) is 6.54 Å². The van der Waals surface area contributed by atoms with Crippen LogP contribution in [-0.4, -0.2) is 29.2 Å². The highest BCUT2D eigenvalue weighted by molar-refractivity contribution is 5.91. The Hall–Kier alpha value is -1.37. The van der Waals surface area contributed by atoms with Crippen LogP contribution in [0.2, 0.25) is 0 Å². The first-order valence-electron chi connectivity index (χ1n) is 4.89. The van der Waals surface area contributed by atoms with Gasteiger partial charge in [-0.2, -0.15) is 5.26 Å². The van der Waals surface area contributed by atoms with Crippen LogP contribution in [-0.2, 0) is 9.59 Å². The molecule has 0 aromatic carbocycles. The van der Waals surface area contributed by atoms with Gasteiger partial charge >= 0.3 is 0 Å². The van der Waals surface area contributed by atoms with E-state index in [-0.39, 0.29) is 17.7 Å². The Labute approximate surface area is 83.5 Å². The smallest absolute Gasteiger partial charge is 0.223 e. The molecule has 14 heavy (non-hydrogen) atoms. The van der Waals surface area contributed by atoms with Crippen LogP contribution in [0.15, 0.2) is 0 Å². The molecule has 1 rings (SSSR count). The molecule has 0 spiro atoms. The molecule has 4 nitrogen and oxygen atoms in total. The van der Waals surface area contributed by atoms with Crippen molar-refractivity contribution in [1.82, 2.24) is 4.90 Å². The van der Waals surface area contributed by atoms with Gasteiger partial charge < -0.3 is 4.90 Å². The Bertz CT molecular complexity index is 280. The van der Waals surface area contributed by atoms with Gasteiger partial charge in [-0.25, -0.2) is 0 Å². The summed E-state index contributed by atoms with van der Waals surface area (Å²) in [6.07, 6.45) is 1.83. The number of Topliss-reactive ketones (excluding diaryl/α,β-unsaturated/α-hetero) is 1. The molecule has 0 saturated carbocycles. The Morgan fingerprint density at radius 2 is 2.43 bits per heavy atom. The van der Waals surface area contributed by atoms with Crippen molar-refractivity contribution >= 4 is 11.7 Å². The average molecular weight is 194 g/mol. The molecule has 0 bridgehead atoms. The second-order valence-corrected chi connectivity index (χ2v) is 3.37. The summed E-state index contributed by atoms with van der Waals surface area (Å²) in [5.41, 5.74) is 0. The molecule has 76 valence electrons. The van der Waals surface area contributed by atoms with Crippen LogP contribution < -0.4 is 0 Å². The molecular weight excluding hydrogens is 180 g/mol. The first kappa shape index (κ1) is 10.7. The topological polar surface area (TPSA) is 61.2 Å². The van der Waals surface area contributed by atoms with Gasteiger partial charge in [0, 0.05) is 19.4 Å². The summed E-state index contributed by atoms with van der Waals surface area (Å²) in [7, 11) is 0. The number of hydrogen-bond donors (Lipinski definition) is 0. The number of rotatable bonds is 4. The largest absolute Gasteiger partial charge is 0.332 e. The van der Waals surface area contributed by atoms with Gasteiger partial charge in [-0.05, 0) is 6.42 Å². The molecule has 1 aliphatic rings. The fraction of sp³-hybridized carbons (Fsp3) is 0.700. The van der Waals surface area contributed by atoms with E-state index in [0.29, 0.717) is 32.2 Å². The standard InChI is InChI=1S/C10H14N2O2/c1-2-9(13)8-4-5-10(14)12(8)7-3-6-11/h8H,2-5,7H2,1H3/t8-/m0/s1. The summed E-state index contributed by atoms with van der Waals surface area (Å²) in [6.45, 7) is 2.19. The summed E-state index contributed by atoms with van der Waals surface area (Å²) >= 11 is 0. The van der Waals surface area contributed by atoms with Gasteiger partial charge in [0.15, 0.2) is 5.78 Å². The third-order valence-corrected chi connectivity index (χ3v) is 2.51. The quantitative estimate of drug-likeness (QED) is 0.667. The molecule has 4 heteroatoms. The Morgan fingerprint density at radius 1 is 1.71 bits per heavy atom. The highest BCUT2D eigenvalue weighted by Crippen LogP contribution is 2.20. The van der Waals surface area contributed by atoms with E-state index in [4.69, 9.17) is 5.26 Å². The molecule has 1 atom stereocenters. The molecule has 0 N–H and O–H groups in total. The Balaban J connectivity index is 2.62. The Kier molecular flexibility index (Phi) is 3.63. The van der Waals surface area contributed by atoms with Crippen LogP contribution in [0.5, 0.6) is 0 Å². The van der Waals surface area contributed by atoms with Crippen molar-refractivity contribution in [3.05, 3.63) is 0 Å². The van der Waals surface area contributed by atoms with Gasteiger partial charge in [-0.15, -0.1) is 0 Å². The summed E-state index contributed by atoms with van der Waals surface area (Å²) in [6, 6.07) is 1.72. The van der Waals surface area contributed by atoms with E-state index in [2.05, 4.69) is 0 Å². The first-order chi connectivity index (χ1) is 6.70. The van der Waals surface area contributed by atoms with Crippen molar-refractivity contribution in [2.24, 2.45) is 0 Å². The number of nitriles is 1. The van der Waals surface area contributed by atoms with Gasteiger partial charge in [-0.1, -0.05) is 6.92 Å². The SMILES string of the molecule is CCC(=O)[C@@H]1CCC(=O)N1CCC#N. The van der Waals surface area contributed by atoms with Gasteiger partial charge in [-0.3, -0.25) is 9.59 Å². The van der Waals surface area contributed by atoms with Crippen LogP contribution in [0.25, 0.3) is 0 Å². The predicted molar refractivity (Wildman–Crippen MR) is 50.3 cm³/mol. The van der Waals surface area contributed by atoms with Crippen molar-refractivity contribution < 1.29 is 9.59 Å². The average Bonchev–Trinajstić information content (AvgIpc) is 2.56. The van der Waals surface area contributed by atoms with Gasteiger partial charge in [0.1, 0.15) is 0 Å². The molecule has 0 aliphatic carbocycles. The molecule has 0 aromatic heterocycles. The number of carbonyl (C=O) groups is 2. The summed E-state index contributed by atoms with van der Waals surface area (Å²) in [5.74, 6) is 0.112. The zero-order chi connectivity index (χ0) is 10.6. The van der Waals surface area contributed by atoms with E-state index < -0.39 is 0 Å². The lowest BCUT2D eigenvalue weighted by atomic mass is 10.1. The number of amides is 1. The number of carbonyl (C=O) groups excluding carboxylic acids is 2. The van der Waals surface area contributed by atoms with Crippen molar-refractivity contribution in [2.45, 2.75) is 38.6 Å². The molecule has 0 radical (unpaired) electrons. The van der Waals surface area contributed by atoms with Crippen LogP contribution in [0, 0.1) is 11.3 Å². The Morgan fingerprint density at radius 3 is 3.00 bits per heavy atom. The van der Waals surface area contributed by atoms with Crippen LogP contribution in [0.1, 0.15) is 32.6 Å². The predicted octanol–water partition coefficient (Wildman–Crippen LogP) is 0.870. The third kappa shape index (κ3) is 2.11. The lowest BCUT2D eigenvalue weighted by molar-refractivity contribution is -0.134. The second kappa shape index (κ2) is 4.75. The summed E-state index contributed by atoms with van der Waals surface area (Å²) in [5, 5.41) is 8.42. The molecule has 0 aromatic rings. The van der Waals surface area contributed by atoms with E-state index in [1.54, 1.807) is 11.8 Å². The molecule has 1 aliphatic heterocycles.